The third-order valence-corrected chi connectivity index (χ3v) is 3.90. The molecule has 4 amide bonds. The second-order valence-corrected chi connectivity index (χ2v) is 5.66. The molecule has 1 unspecified atom stereocenters. The second-order valence-electron chi connectivity index (χ2n) is 5.66. The highest BCUT2D eigenvalue weighted by Crippen LogP contribution is 2.24. The number of hydrogen-bond acceptors (Lipinski definition) is 7. The van der Waals surface area contributed by atoms with Crippen LogP contribution in [-0.4, -0.2) is 47.1 Å². The number of hydrogen-bond donors (Lipinski definition) is 1. The Morgan fingerprint density at radius 2 is 1.70 bits per heavy atom. The van der Waals surface area contributed by atoms with Crippen LogP contribution in [0.1, 0.15) is 38.2 Å². The van der Waals surface area contributed by atoms with Crippen LogP contribution < -0.4 is 5.32 Å². The molecule has 0 saturated carbocycles. The van der Waals surface area contributed by atoms with Crippen LogP contribution in [0.15, 0.2) is 47.1 Å². The van der Waals surface area contributed by atoms with Crippen molar-refractivity contribution in [3.8, 4) is 0 Å². The standard InChI is InChI=1S/C18H14N2O7/c1-10(20-16(23)11-5-2-3-6-12(11)17(20)24)18(25)27-9-14(21)19-15(22)13-7-4-8-26-13/h2-8,10H,9H2,1H3,(H,19,21,22). The van der Waals surface area contributed by atoms with Crippen molar-refractivity contribution in [1.82, 2.24) is 10.2 Å². The van der Waals surface area contributed by atoms with E-state index >= 15 is 0 Å². The van der Waals surface area contributed by atoms with E-state index in [1.165, 1.54) is 37.5 Å². The number of rotatable bonds is 5. The maximum absolute atomic E-state index is 12.3. The van der Waals surface area contributed by atoms with Gasteiger partial charge in [0.1, 0.15) is 6.04 Å². The van der Waals surface area contributed by atoms with E-state index in [1.807, 2.05) is 5.32 Å². The first-order valence-corrected chi connectivity index (χ1v) is 7.91. The predicted octanol–water partition coefficient (Wildman–Crippen LogP) is 0.764. The molecule has 0 aliphatic carbocycles. The highest BCUT2D eigenvalue weighted by atomic mass is 16.5. The summed E-state index contributed by atoms with van der Waals surface area (Å²) in [5, 5.41) is 1.98. The third kappa shape index (κ3) is 3.47. The molecule has 3 rings (SSSR count). The molecule has 1 aromatic carbocycles. The first-order valence-electron chi connectivity index (χ1n) is 7.91. The number of nitrogens with zero attached hydrogens (tertiary/aromatic N) is 1. The summed E-state index contributed by atoms with van der Waals surface area (Å²) in [6, 6.07) is 7.80. The number of carbonyl (C=O) groups is 5. The maximum atomic E-state index is 12.3. The number of imide groups is 2. The molecule has 1 aromatic heterocycles. The van der Waals surface area contributed by atoms with E-state index in [4.69, 9.17) is 9.15 Å². The Balaban J connectivity index is 1.57. The van der Waals surface area contributed by atoms with Gasteiger partial charge in [-0.05, 0) is 31.2 Å². The van der Waals surface area contributed by atoms with Gasteiger partial charge in [-0.25, -0.2) is 4.79 Å². The molecular weight excluding hydrogens is 356 g/mol. The quantitative estimate of drug-likeness (QED) is 0.609. The summed E-state index contributed by atoms with van der Waals surface area (Å²) in [6.07, 6.45) is 1.27. The van der Waals surface area contributed by atoms with Gasteiger partial charge in [0.15, 0.2) is 12.4 Å². The van der Waals surface area contributed by atoms with Crippen LogP contribution >= 0.6 is 0 Å². The molecule has 27 heavy (non-hydrogen) atoms. The zero-order valence-electron chi connectivity index (χ0n) is 14.1. The number of benzene rings is 1. The first-order chi connectivity index (χ1) is 12.9. The third-order valence-electron chi connectivity index (χ3n) is 3.90. The second kappa shape index (κ2) is 7.24. The molecular formula is C18H14N2O7. The Morgan fingerprint density at radius 1 is 1.07 bits per heavy atom. The fourth-order valence-electron chi connectivity index (χ4n) is 2.55. The minimum atomic E-state index is -1.23. The van der Waals surface area contributed by atoms with Gasteiger partial charge in [-0.3, -0.25) is 29.4 Å². The zero-order chi connectivity index (χ0) is 19.6. The topological polar surface area (TPSA) is 123 Å². The molecule has 0 fully saturated rings. The molecule has 1 N–H and O–H groups in total. The van der Waals surface area contributed by atoms with Crippen molar-refractivity contribution >= 4 is 29.6 Å². The maximum Gasteiger partial charge on any atom is 0.329 e. The molecule has 0 bridgehead atoms. The number of fused-ring (bicyclic) bond motifs is 1. The highest BCUT2D eigenvalue weighted by Gasteiger charge is 2.41. The van der Waals surface area contributed by atoms with Crippen LogP contribution in [0.2, 0.25) is 0 Å². The Hall–Kier alpha value is -3.75. The summed E-state index contributed by atoms with van der Waals surface area (Å²) < 4.78 is 9.64. The minimum absolute atomic E-state index is 0.0749. The summed E-state index contributed by atoms with van der Waals surface area (Å²) in [4.78, 5) is 60.9. The normalized spacial score (nSPS) is 13.9. The van der Waals surface area contributed by atoms with Crippen LogP contribution in [0.4, 0.5) is 0 Å². The monoisotopic (exact) mass is 370 g/mol. The van der Waals surface area contributed by atoms with Gasteiger partial charge in [0.2, 0.25) is 0 Å². The summed E-state index contributed by atoms with van der Waals surface area (Å²) >= 11 is 0. The van der Waals surface area contributed by atoms with Crippen molar-refractivity contribution in [2.24, 2.45) is 0 Å². The number of carbonyl (C=O) groups excluding carboxylic acids is 5. The summed E-state index contributed by atoms with van der Waals surface area (Å²) in [5.74, 6) is -3.91. The highest BCUT2D eigenvalue weighted by molar-refractivity contribution is 6.22. The van der Waals surface area contributed by atoms with Gasteiger partial charge < -0.3 is 9.15 Å². The van der Waals surface area contributed by atoms with Crippen LogP contribution in [-0.2, 0) is 14.3 Å². The van der Waals surface area contributed by atoms with Crippen molar-refractivity contribution in [3.63, 3.8) is 0 Å². The average molecular weight is 370 g/mol. The smallest absolute Gasteiger partial charge is 0.329 e. The van der Waals surface area contributed by atoms with Crippen LogP contribution in [0.25, 0.3) is 0 Å². The molecule has 2 aromatic rings. The van der Waals surface area contributed by atoms with E-state index < -0.39 is 42.2 Å². The SMILES string of the molecule is CC(C(=O)OCC(=O)NC(=O)c1ccco1)N1C(=O)c2ccccc2C1=O. The average Bonchev–Trinajstić information content (AvgIpc) is 3.28. The number of ether oxygens (including phenoxy) is 1. The fraction of sp³-hybridized carbons (Fsp3) is 0.167. The number of nitrogens with one attached hydrogen (secondary N) is 1. The molecule has 1 aliphatic heterocycles. The molecule has 0 saturated heterocycles. The lowest BCUT2D eigenvalue weighted by Crippen LogP contribution is -2.44. The van der Waals surface area contributed by atoms with Gasteiger partial charge in [0, 0.05) is 0 Å². The van der Waals surface area contributed by atoms with Gasteiger partial charge in [-0.1, -0.05) is 12.1 Å². The lowest BCUT2D eigenvalue weighted by atomic mass is 10.1. The van der Waals surface area contributed by atoms with Crippen LogP contribution in [0.3, 0.4) is 0 Å². The largest absolute Gasteiger partial charge is 0.459 e. The molecule has 0 radical (unpaired) electrons. The molecule has 1 atom stereocenters. The summed E-state index contributed by atoms with van der Waals surface area (Å²) in [5.41, 5.74) is 0.396. The molecule has 0 spiro atoms. The van der Waals surface area contributed by atoms with Gasteiger partial charge in [0.25, 0.3) is 23.6 Å². The van der Waals surface area contributed by atoms with Gasteiger partial charge in [0.05, 0.1) is 17.4 Å². The first kappa shape index (κ1) is 18.1. The Morgan fingerprint density at radius 3 is 2.26 bits per heavy atom. The van der Waals surface area contributed by atoms with Crippen LogP contribution in [0.5, 0.6) is 0 Å². The van der Waals surface area contributed by atoms with E-state index in [-0.39, 0.29) is 16.9 Å². The lowest BCUT2D eigenvalue weighted by Gasteiger charge is -2.20. The summed E-state index contributed by atoms with van der Waals surface area (Å²) in [7, 11) is 0. The number of esters is 1. The predicted molar refractivity (Wildman–Crippen MR) is 88.5 cm³/mol. The zero-order valence-corrected chi connectivity index (χ0v) is 14.1. The van der Waals surface area contributed by atoms with E-state index in [1.54, 1.807) is 12.1 Å². The molecule has 2 heterocycles. The Kier molecular flexibility index (Phi) is 4.84. The van der Waals surface area contributed by atoms with E-state index in [2.05, 4.69) is 0 Å². The number of amides is 4. The van der Waals surface area contributed by atoms with Crippen molar-refractivity contribution in [2.75, 3.05) is 6.61 Å². The van der Waals surface area contributed by atoms with Gasteiger partial charge in [-0.2, -0.15) is 0 Å². The summed E-state index contributed by atoms with van der Waals surface area (Å²) in [6.45, 7) is 0.564. The number of furan rings is 1. The minimum Gasteiger partial charge on any atom is -0.459 e. The van der Waals surface area contributed by atoms with Gasteiger partial charge in [-0.15, -0.1) is 0 Å². The van der Waals surface area contributed by atoms with E-state index in [0.29, 0.717) is 0 Å². The lowest BCUT2D eigenvalue weighted by molar-refractivity contribution is -0.151. The molecule has 9 heteroatoms. The fourth-order valence-corrected chi connectivity index (χ4v) is 2.55. The van der Waals surface area contributed by atoms with Crippen molar-refractivity contribution in [3.05, 3.63) is 59.5 Å². The Labute approximate surface area is 152 Å². The van der Waals surface area contributed by atoms with E-state index in [9.17, 15) is 24.0 Å². The van der Waals surface area contributed by atoms with Crippen molar-refractivity contribution in [1.29, 1.82) is 0 Å². The Bertz CT molecular complexity index is 898. The van der Waals surface area contributed by atoms with Crippen molar-refractivity contribution in [2.45, 2.75) is 13.0 Å². The van der Waals surface area contributed by atoms with E-state index in [0.717, 1.165) is 4.90 Å². The van der Waals surface area contributed by atoms with Gasteiger partial charge >= 0.3 is 5.97 Å². The van der Waals surface area contributed by atoms with Crippen LogP contribution in [0, 0.1) is 0 Å². The van der Waals surface area contributed by atoms with Crippen molar-refractivity contribution < 1.29 is 33.1 Å². The molecule has 1 aliphatic rings. The molecule has 138 valence electrons. The molecule has 9 nitrogen and oxygen atoms in total.